The lowest BCUT2D eigenvalue weighted by atomic mass is 10.0. The first kappa shape index (κ1) is 17.8. The summed E-state index contributed by atoms with van der Waals surface area (Å²) in [5.74, 6) is 1.18. The number of hydrogen-bond donors (Lipinski definition) is 1. The van der Waals surface area contributed by atoms with Crippen molar-refractivity contribution in [3.63, 3.8) is 0 Å². The minimum atomic E-state index is -0.112. The lowest BCUT2D eigenvalue weighted by Gasteiger charge is -2.35. The standard InChI is InChI=1S/C21H24N2O4/c1-15-2-4-16(5-3-15)18(23-8-10-25-11-9-23)13-22-21(24)17-6-7-19-20(12-17)27-14-26-19/h2-7,12,18H,8-11,13-14H2,1H3,(H,22,24)/t18-/m1/s1. The molecule has 6 nitrogen and oxygen atoms in total. The Balaban J connectivity index is 1.47. The number of ether oxygens (including phenoxy) is 3. The average Bonchev–Trinajstić information content (AvgIpc) is 3.18. The van der Waals surface area contributed by atoms with Crippen molar-refractivity contribution in [2.75, 3.05) is 39.6 Å². The zero-order chi connectivity index (χ0) is 18.6. The molecule has 0 aliphatic carbocycles. The van der Waals surface area contributed by atoms with Gasteiger partial charge in [0.1, 0.15) is 0 Å². The summed E-state index contributed by atoms with van der Waals surface area (Å²) in [5, 5.41) is 3.08. The van der Waals surface area contributed by atoms with E-state index in [0.717, 1.165) is 26.3 Å². The second-order valence-corrected chi connectivity index (χ2v) is 6.85. The number of hydrogen-bond acceptors (Lipinski definition) is 5. The molecule has 2 aromatic carbocycles. The van der Waals surface area contributed by atoms with Crippen molar-refractivity contribution in [3.05, 3.63) is 59.2 Å². The highest BCUT2D eigenvalue weighted by Crippen LogP contribution is 2.32. The van der Waals surface area contributed by atoms with Gasteiger partial charge in [0.2, 0.25) is 6.79 Å². The third-order valence-corrected chi connectivity index (χ3v) is 5.04. The molecule has 2 aliphatic heterocycles. The Morgan fingerprint density at radius 2 is 1.81 bits per heavy atom. The molecule has 1 atom stereocenters. The maximum Gasteiger partial charge on any atom is 0.251 e. The van der Waals surface area contributed by atoms with Crippen molar-refractivity contribution in [1.29, 1.82) is 0 Å². The van der Waals surface area contributed by atoms with Gasteiger partial charge in [-0.25, -0.2) is 0 Å². The minimum Gasteiger partial charge on any atom is -0.454 e. The van der Waals surface area contributed by atoms with Gasteiger partial charge in [0.25, 0.3) is 5.91 Å². The highest BCUT2D eigenvalue weighted by Gasteiger charge is 2.24. The van der Waals surface area contributed by atoms with Gasteiger partial charge in [-0.1, -0.05) is 29.8 Å². The molecule has 0 aromatic heterocycles. The maximum absolute atomic E-state index is 12.7. The average molecular weight is 368 g/mol. The van der Waals surface area contributed by atoms with Crippen LogP contribution in [0.3, 0.4) is 0 Å². The Bertz CT molecular complexity index is 800. The van der Waals surface area contributed by atoms with Gasteiger partial charge in [0.15, 0.2) is 11.5 Å². The topological polar surface area (TPSA) is 60.0 Å². The van der Waals surface area contributed by atoms with E-state index in [1.54, 1.807) is 18.2 Å². The number of rotatable bonds is 5. The van der Waals surface area contributed by atoms with Gasteiger partial charge in [-0.3, -0.25) is 9.69 Å². The molecule has 2 aliphatic rings. The van der Waals surface area contributed by atoms with Gasteiger partial charge in [-0.2, -0.15) is 0 Å². The van der Waals surface area contributed by atoms with Gasteiger partial charge < -0.3 is 19.5 Å². The normalized spacial score (nSPS) is 17.5. The molecular formula is C21H24N2O4. The zero-order valence-corrected chi connectivity index (χ0v) is 15.4. The summed E-state index contributed by atoms with van der Waals surface area (Å²) >= 11 is 0. The van der Waals surface area contributed by atoms with E-state index in [1.165, 1.54) is 11.1 Å². The monoisotopic (exact) mass is 368 g/mol. The fourth-order valence-corrected chi connectivity index (χ4v) is 3.46. The number of carbonyl (C=O) groups is 1. The third-order valence-electron chi connectivity index (χ3n) is 5.04. The molecule has 0 saturated carbocycles. The molecule has 1 saturated heterocycles. The lowest BCUT2D eigenvalue weighted by Crippen LogP contribution is -2.43. The van der Waals surface area contributed by atoms with Gasteiger partial charge in [-0.05, 0) is 30.7 Å². The van der Waals surface area contributed by atoms with Gasteiger partial charge in [0.05, 0.1) is 19.3 Å². The smallest absolute Gasteiger partial charge is 0.251 e. The van der Waals surface area contributed by atoms with E-state index in [2.05, 4.69) is 41.4 Å². The third kappa shape index (κ3) is 4.07. The van der Waals surface area contributed by atoms with Crippen LogP contribution < -0.4 is 14.8 Å². The summed E-state index contributed by atoms with van der Waals surface area (Å²) < 4.78 is 16.2. The molecule has 0 spiro atoms. The van der Waals surface area contributed by atoms with E-state index in [0.29, 0.717) is 23.6 Å². The molecule has 4 rings (SSSR count). The number of benzene rings is 2. The van der Waals surface area contributed by atoms with E-state index < -0.39 is 0 Å². The second kappa shape index (κ2) is 7.98. The number of aryl methyl sites for hydroxylation is 1. The van der Waals surface area contributed by atoms with Gasteiger partial charge in [0, 0.05) is 25.2 Å². The lowest BCUT2D eigenvalue weighted by molar-refractivity contribution is 0.0162. The van der Waals surface area contributed by atoms with Crippen molar-refractivity contribution >= 4 is 5.91 Å². The van der Waals surface area contributed by atoms with E-state index in [4.69, 9.17) is 14.2 Å². The van der Waals surface area contributed by atoms with Crippen LogP contribution in [-0.2, 0) is 4.74 Å². The van der Waals surface area contributed by atoms with Crippen LogP contribution in [0.5, 0.6) is 11.5 Å². The molecule has 27 heavy (non-hydrogen) atoms. The van der Waals surface area contributed by atoms with Crippen LogP contribution >= 0.6 is 0 Å². The van der Waals surface area contributed by atoms with Crippen molar-refractivity contribution < 1.29 is 19.0 Å². The Labute approximate surface area is 159 Å². The van der Waals surface area contributed by atoms with Gasteiger partial charge >= 0.3 is 0 Å². The van der Waals surface area contributed by atoms with E-state index in [-0.39, 0.29) is 18.7 Å². The Kier molecular flexibility index (Phi) is 5.27. The number of nitrogens with one attached hydrogen (secondary N) is 1. The van der Waals surface area contributed by atoms with E-state index in [9.17, 15) is 4.79 Å². The summed E-state index contributed by atoms with van der Waals surface area (Å²) in [6.45, 7) is 5.98. The first-order valence-corrected chi connectivity index (χ1v) is 9.27. The van der Waals surface area contributed by atoms with Crippen LogP contribution in [0.2, 0.25) is 0 Å². The molecule has 1 N–H and O–H groups in total. The summed E-state index contributed by atoms with van der Waals surface area (Å²) in [4.78, 5) is 15.0. The van der Waals surface area contributed by atoms with Gasteiger partial charge in [-0.15, -0.1) is 0 Å². The van der Waals surface area contributed by atoms with Crippen LogP contribution in [0.4, 0.5) is 0 Å². The fourth-order valence-electron chi connectivity index (χ4n) is 3.46. The van der Waals surface area contributed by atoms with Crippen LogP contribution in [-0.4, -0.2) is 50.4 Å². The van der Waals surface area contributed by atoms with E-state index in [1.807, 2.05) is 0 Å². The van der Waals surface area contributed by atoms with Crippen molar-refractivity contribution in [3.8, 4) is 11.5 Å². The molecule has 2 heterocycles. The maximum atomic E-state index is 12.7. The Morgan fingerprint density at radius 1 is 1.07 bits per heavy atom. The van der Waals surface area contributed by atoms with Crippen molar-refractivity contribution in [2.45, 2.75) is 13.0 Å². The number of carbonyl (C=O) groups excluding carboxylic acids is 1. The minimum absolute atomic E-state index is 0.112. The van der Waals surface area contributed by atoms with Crippen molar-refractivity contribution in [1.82, 2.24) is 10.2 Å². The number of morpholine rings is 1. The van der Waals surface area contributed by atoms with Crippen LogP contribution in [0.15, 0.2) is 42.5 Å². The first-order valence-electron chi connectivity index (χ1n) is 9.27. The summed E-state index contributed by atoms with van der Waals surface area (Å²) in [6, 6.07) is 13.9. The number of nitrogens with zero attached hydrogens (tertiary/aromatic N) is 1. The predicted molar refractivity (Wildman–Crippen MR) is 101 cm³/mol. The van der Waals surface area contributed by atoms with Crippen LogP contribution in [0.1, 0.15) is 27.5 Å². The molecule has 0 unspecified atom stereocenters. The summed E-state index contributed by atoms with van der Waals surface area (Å²) in [7, 11) is 0. The zero-order valence-electron chi connectivity index (χ0n) is 15.4. The quantitative estimate of drug-likeness (QED) is 0.879. The molecule has 1 amide bonds. The van der Waals surface area contributed by atoms with E-state index >= 15 is 0 Å². The summed E-state index contributed by atoms with van der Waals surface area (Å²) in [6.07, 6.45) is 0. The van der Waals surface area contributed by atoms with Crippen molar-refractivity contribution in [2.24, 2.45) is 0 Å². The highest BCUT2D eigenvalue weighted by molar-refractivity contribution is 5.95. The molecule has 142 valence electrons. The molecule has 0 radical (unpaired) electrons. The largest absolute Gasteiger partial charge is 0.454 e. The summed E-state index contributed by atoms with van der Waals surface area (Å²) in [5.41, 5.74) is 3.00. The molecule has 0 bridgehead atoms. The number of fused-ring (bicyclic) bond motifs is 1. The first-order chi connectivity index (χ1) is 13.2. The van der Waals surface area contributed by atoms with Crippen LogP contribution in [0.25, 0.3) is 0 Å². The highest BCUT2D eigenvalue weighted by atomic mass is 16.7. The number of amides is 1. The molecule has 1 fully saturated rings. The predicted octanol–water partition coefficient (Wildman–Crippen LogP) is 2.53. The molecule has 6 heteroatoms. The SMILES string of the molecule is Cc1ccc([C@@H](CNC(=O)c2ccc3c(c2)OCO3)N2CCOCC2)cc1. The van der Waals surface area contributed by atoms with Crippen LogP contribution in [0, 0.1) is 6.92 Å². The molecular weight excluding hydrogens is 344 g/mol. The Hall–Kier alpha value is -2.57. The molecule has 2 aromatic rings. The fraction of sp³-hybridized carbons (Fsp3) is 0.381. The second-order valence-electron chi connectivity index (χ2n) is 6.85. The Morgan fingerprint density at radius 3 is 2.59 bits per heavy atom.